The summed E-state index contributed by atoms with van der Waals surface area (Å²) in [5, 5.41) is 0.598. The lowest BCUT2D eigenvalue weighted by atomic mass is 9.74. The summed E-state index contributed by atoms with van der Waals surface area (Å²) in [7, 11) is 0. The minimum Gasteiger partial charge on any atom is -0.116 e. The van der Waals surface area contributed by atoms with Crippen molar-refractivity contribution in [2.24, 2.45) is 0 Å². The van der Waals surface area contributed by atoms with Gasteiger partial charge in [0.05, 0.1) is 5.38 Å². The maximum atomic E-state index is 6.62. The van der Waals surface area contributed by atoms with Crippen molar-refractivity contribution in [3.8, 4) is 0 Å². The molecule has 2 bridgehead atoms. The highest BCUT2D eigenvalue weighted by Gasteiger charge is 2.39. The molecule has 2 aromatic carbocycles. The van der Waals surface area contributed by atoms with Gasteiger partial charge in [0.2, 0.25) is 0 Å². The summed E-state index contributed by atoms with van der Waals surface area (Å²) in [4.78, 5) is 0. The van der Waals surface area contributed by atoms with Crippen LogP contribution in [0, 0.1) is 0 Å². The first-order chi connectivity index (χ1) is 9.27. The molecular formula is C17H12Cl2. The van der Waals surface area contributed by atoms with Gasteiger partial charge >= 0.3 is 0 Å². The van der Waals surface area contributed by atoms with Gasteiger partial charge in [0, 0.05) is 16.9 Å². The Bertz CT molecular complexity index is 640. The molecule has 3 aliphatic rings. The molecule has 0 amide bonds. The number of allylic oxidation sites excluding steroid dienone is 2. The van der Waals surface area contributed by atoms with E-state index in [1.165, 1.54) is 22.3 Å². The van der Waals surface area contributed by atoms with Gasteiger partial charge < -0.3 is 0 Å². The van der Waals surface area contributed by atoms with Crippen molar-refractivity contribution in [2.45, 2.75) is 17.2 Å². The third kappa shape index (κ3) is 1.54. The van der Waals surface area contributed by atoms with E-state index in [-0.39, 0.29) is 17.2 Å². The van der Waals surface area contributed by atoms with Gasteiger partial charge in [0.25, 0.3) is 0 Å². The van der Waals surface area contributed by atoms with Crippen LogP contribution in [0.3, 0.4) is 0 Å². The Morgan fingerprint density at radius 3 is 1.74 bits per heavy atom. The van der Waals surface area contributed by atoms with E-state index >= 15 is 0 Å². The van der Waals surface area contributed by atoms with Gasteiger partial charge in [0.1, 0.15) is 0 Å². The second kappa shape index (κ2) is 4.13. The SMILES string of the molecule is ClC1=CC2c3ccccc3C(c3ccccc32)[C@H]1Cl. The Morgan fingerprint density at radius 2 is 1.21 bits per heavy atom. The number of alkyl halides is 1. The second-order valence-corrected chi connectivity index (χ2v) is 6.07. The van der Waals surface area contributed by atoms with E-state index < -0.39 is 0 Å². The van der Waals surface area contributed by atoms with Crippen LogP contribution in [0.25, 0.3) is 0 Å². The number of fused-ring (bicyclic) bond motifs is 1. The van der Waals surface area contributed by atoms with Crippen molar-refractivity contribution in [1.82, 2.24) is 0 Å². The van der Waals surface area contributed by atoms with Crippen LogP contribution in [0.1, 0.15) is 34.1 Å². The molecule has 0 radical (unpaired) electrons. The molecule has 3 aliphatic carbocycles. The van der Waals surface area contributed by atoms with Crippen LogP contribution in [0.5, 0.6) is 0 Å². The van der Waals surface area contributed by atoms with Crippen molar-refractivity contribution in [2.75, 3.05) is 0 Å². The van der Waals surface area contributed by atoms with Crippen molar-refractivity contribution >= 4 is 23.2 Å². The van der Waals surface area contributed by atoms with Gasteiger partial charge in [-0.1, -0.05) is 66.2 Å². The summed E-state index contributed by atoms with van der Waals surface area (Å²) >= 11 is 13.0. The molecule has 0 aromatic heterocycles. The topological polar surface area (TPSA) is 0 Å². The van der Waals surface area contributed by atoms with Crippen LogP contribution >= 0.6 is 23.2 Å². The Balaban J connectivity index is 2.09. The highest BCUT2D eigenvalue weighted by Crippen LogP contribution is 2.51. The summed E-state index contributed by atoms with van der Waals surface area (Å²) in [5.74, 6) is 0.400. The normalized spacial score (nSPS) is 27.3. The Hall–Kier alpha value is -1.24. The Labute approximate surface area is 122 Å². The van der Waals surface area contributed by atoms with E-state index in [1.54, 1.807) is 0 Å². The quantitative estimate of drug-likeness (QED) is 0.598. The van der Waals surface area contributed by atoms with Gasteiger partial charge in [-0.3, -0.25) is 0 Å². The maximum absolute atomic E-state index is 6.62. The number of benzene rings is 2. The van der Waals surface area contributed by atoms with E-state index in [0.29, 0.717) is 0 Å². The zero-order chi connectivity index (χ0) is 13.0. The van der Waals surface area contributed by atoms with Crippen molar-refractivity contribution < 1.29 is 0 Å². The number of halogens is 2. The molecule has 5 rings (SSSR count). The zero-order valence-corrected chi connectivity index (χ0v) is 11.7. The predicted molar refractivity (Wildman–Crippen MR) is 80.1 cm³/mol. The first kappa shape index (κ1) is 11.6. The Kier molecular flexibility index (Phi) is 2.51. The highest BCUT2D eigenvalue weighted by atomic mass is 35.5. The van der Waals surface area contributed by atoms with E-state index in [0.717, 1.165) is 5.03 Å². The number of rotatable bonds is 0. The third-order valence-corrected chi connectivity index (χ3v) is 5.17. The summed E-state index contributed by atoms with van der Waals surface area (Å²) in [6.07, 6.45) is 2.11. The number of hydrogen-bond donors (Lipinski definition) is 0. The fourth-order valence-electron chi connectivity index (χ4n) is 3.39. The molecule has 0 saturated heterocycles. The third-order valence-electron chi connectivity index (χ3n) is 4.21. The standard InChI is InChI=1S/C17H12Cl2/c18-15-9-14-10-5-1-3-7-12(10)16(17(15)19)13-8-4-2-6-11(13)14/h1-9,14,16-17H/t14?,16?,17-/m0/s1. The summed E-state index contributed by atoms with van der Waals surface area (Å²) in [5.41, 5.74) is 5.32. The lowest BCUT2D eigenvalue weighted by molar-refractivity contribution is 0.783. The second-order valence-electron chi connectivity index (χ2n) is 5.17. The molecule has 2 heteroatoms. The zero-order valence-electron chi connectivity index (χ0n) is 10.2. The van der Waals surface area contributed by atoms with Crippen LogP contribution < -0.4 is 0 Å². The largest absolute Gasteiger partial charge is 0.116 e. The van der Waals surface area contributed by atoms with Crippen LogP contribution in [-0.4, -0.2) is 5.38 Å². The van der Waals surface area contributed by atoms with Crippen molar-refractivity contribution in [1.29, 1.82) is 0 Å². The first-order valence-electron chi connectivity index (χ1n) is 6.46. The average Bonchev–Trinajstić information content (AvgIpc) is 2.63. The molecule has 0 spiro atoms. The predicted octanol–water partition coefficient (Wildman–Crippen LogP) is 5.01. The molecule has 0 aliphatic heterocycles. The van der Waals surface area contributed by atoms with Gasteiger partial charge in [-0.05, 0) is 22.3 Å². The molecule has 0 fully saturated rings. The van der Waals surface area contributed by atoms with Gasteiger partial charge in [0.15, 0.2) is 0 Å². The summed E-state index contributed by atoms with van der Waals surface area (Å²) < 4.78 is 0. The van der Waals surface area contributed by atoms with E-state index in [9.17, 15) is 0 Å². The molecule has 2 aromatic rings. The van der Waals surface area contributed by atoms with Crippen LogP contribution in [-0.2, 0) is 0 Å². The minimum absolute atomic E-state index is 0.163. The highest BCUT2D eigenvalue weighted by molar-refractivity contribution is 6.38. The van der Waals surface area contributed by atoms with E-state index in [2.05, 4.69) is 54.6 Å². The fourth-order valence-corrected chi connectivity index (χ4v) is 3.99. The van der Waals surface area contributed by atoms with Gasteiger partial charge in [-0.25, -0.2) is 0 Å². The summed E-state index contributed by atoms with van der Waals surface area (Å²) in [6, 6.07) is 17.1. The molecule has 19 heavy (non-hydrogen) atoms. The molecule has 0 saturated carbocycles. The van der Waals surface area contributed by atoms with Crippen molar-refractivity contribution in [3.05, 3.63) is 81.9 Å². The molecule has 0 N–H and O–H groups in total. The van der Waals surface area contributed by atoms with Crippen LogP contribution in [0.4, 0.5) is 0 Å². The lowest BCUT2D eigenvalue weighted by Crippen LogP contribution is -2.20. The molecule has 0 heterocycles. The van der Waals surface area contributed by atoms with Gasteiger partial charge in [-0.15, -0.1) is 11.6 Å². The Morgan fingerprint density at radius 1 is 0.737 bits per heavy atom. The minimum atomic E-state index is -0.170. The van der Waals surface area contributed by atoms with Crippen LogP contribution in [0.15, 0.2) is 59.6 Å². The monoisotopic (exact) mass is 286 g/mol. The summed E-state index contributed by atoms with van der Waals surface area (Å²) in [6.45, 7) is 0. The molecule has 0 nitrogen and oxygen atoms in total. The maximum Gasteiger partial charge on any atom is 0.0798 e. The molecular weight excluding hydrogens is 275 g/mol. The smallest absolute Gasteiger partial charge is 0.0798 e. The van der Waals surface area contributed by atoms with E-state index in [4.69, 9.17) is 23.2 Å². The molecule has 94 valence electrons. The van der Waals surface area contributed by atoms with Gasteiger partial charge in [-0.2, -0.15) is 0 Å². The average molecular weight is 287 g/mol. The molecule has 1 atom stereocenters. The first-order valence-corrected chi connectivity index (χ1v) is 7.28. The van der Waals surface area contributed by atoms with E-state index in [1.807, 2.05) is 0 Å². The molecule has 0 unspecified atom stereocenters. The van der Waals surface area contributed by atoms with Crippen LogP contribution in [0.2, 0.25) is 0 Å². The lowest BCUT2D eigenvalue weighted by Gasteiger charge is -2.31. The fraction of sp³-hybridized carbons (Fsp3) is 0.176. The van der Waals surface area contributed by atoms with Crippen molar-refractivity contribution in [3.63, 3.8) is 0 Å². The number of hydrogen-bond acceptors (Lipinski definition) is 0.